The zero-order valence-corrected chi connectivity index (χ0v) is 9.73. The summed E-state index contributed by atoms with van der Waals surface area (Å²) < 4.78 is 11.5. The maximum atomic E-state index is 10.3. The third kappa shape index (κ3) is 5.91. The quantitative estimate of drug-likeness (QED) is 0.299. The molecular weight excluding hydrogens is 152 g/mol. The number of hydrogen-bond donors (Lipinski definition) is 0. The molecule has 5 heteroatoms. The van der Waals surface area contributed by atoms with Crippen LogP contribution in [-0.4, -0.2) is 25.4 Å². The van der Waals surface area contributed by atoms with Crippen LogP contribution in [0.4, 0.5) is 0 Å². The van der Waals surface area contributed by atoms with Crippen LogP contribution in [0.3, 0.4) is 0 Å². The van der Waals surface area contributed by atoms with Crippen LogP contribution in [0, 0.1) is 0 Å². The van der Waals surface area contributed by atoms with E-state index in [-0.39, 0.29) is 51.4 Å². The molecule has 0 spiro atoms. The zero-order valence-electron chi connectivity index (χ0n) is 5.71. The molecule has 44 valence electrons. The third-order valence-corrected chi connectivity index (χ3v) is 2.18. The van der Waals surface area contributed by atoms with Gasteiger partial charge in [-0.25, -0.2) is 0 Å². The Morgan fingerprint density at radius 2 is 1.62 bits per heavy atom. The Kier molecular flexibility index (Phi) is 7.13. The minimum Gasteiger partial charge on any atom is -0.788 e. The fourth-order valence-electron chi connectivity index (χ4n) is 0. The predicted molar refractivity (Wildman–Crippen MR) is 27.2 cm³/mol. The van der Waals surface area contributed by atoms with Crippen molar-refractivity contribution in [2.75, 3.05) is 20.8 Å². The molecule has 0 radical (unpaired) electrons. The first kappa shape index (κ1) is 12.5. The largest absolute Gasteiger partial charge is 1.00 e. The molecule has 0 bridgehead atoms. The Hall–Kier alpha value is 1.79. The molecule has 0 aliphatic heterocycles. The molecule has 1 unspecified atom stereocenters. The second-order valence-electron chi connectivity index (χ2n) is 1.65. The van der Waals surface area contributed by atoms with Crippen molar-refractivity contribution in [1.82, 2.24) is 4.67 Å². The molecular formula is C3H9KNO2P. The molecule has 0 amide bonds. The second kappa shape index (κ2) is 4.58. The van der Waals surface area contributed by atoms with Gasteiger partial charge in [0.15, 0.2) is 0 Å². The van der Waals surface area contributed by atoms with Crippen LogP contribution in [-0.2, 0) is 4.57 Å². The molecule has 1 atom stereocenters. The Morgan fingerprint density at radius 1 is 1.50 bits per heavy atom. The molecule has 0 saturated carbocycles. The maximum Gasteiger partial charge on any atom is 1.00 e. The van der Waals surface area contributed by atoms with Gasteiger partial charge in [0.2, 0.25) is 0 Å². The summed E-state index contributed by atoms with van der Waals surface area (Å²) in [6, 6.07) is 0. The van der Waals surface area contributed by atoms with Crippen LogP contribution in [0.1, 0.15) is 0 Å². The molecule has 0 heterocycles. The summed E-state index contributed by atoms with van der Waals surface area (Å²) >= 11 is 0. The summed E-state index contributed by atoms with van der Waals surface area (Å²) in [6.07, 6.45) is 0. The Labute approximate surface area is 92.4 Å². The first-order valence-corrected chi connectivity index (χ1v) is 3.93. The standard InChI is InChI=1S/C3H10NO2P.K/c1-4(2)7(3,5)6;/h1-3H3,(H,5,6);/q;+1/p-1. The molecule has 0 fully saturated rings. The topological polar surface area (TPSA) is 43.4 Å². The summed E-state index contributed by atoms with van der Waals surface area (Å²) in [6.45, 7) is 1.19. The van der Waals surface area contributed by atoms with E-state index in [1.807, 2.05) is 0 Å². The minimum absolute atomic E-state index is 0. The summed E-state index contributed by atoms with van der Waals surface area (Å²) in [7, 11) is -0.139. The van der Waals surface area contributed by atoms with Gasteiger partial charge in [0.05, 0.1) is 7.52 Å². The Bertz CT molecular complexity index is 99.5. The van der Waals surface area contributed by atoms with Gasteiger partial charge >= 0.3 is 51.4 Å². The second-order valence-corrected chi connectivity index (χ2v) is 4.06. The summed E-state index contributed by atoms with van der Waals surface area (Å²) in [4.78, 5) is 10.3. The van der Waals surface area contributed by atoms with Gasteiger partial charge in [0.1, 0.15) is 0 Å². The Balaban J connectivity index is 0. The van der Waals surface area contributed by atoms with Gasteiger partial charge in [-0.05, 0) is 20.8 Å². The molecule has 0 aromatic carbocycles. The van der Waals surface area contributed by atoms with E-state index in [0.29, 0.717) is 0 Å². The van der Waals surface area contributed by atoms with E-state index in [1.165, 1.54) is 25.4 Å². The van der Waals surface area contributed by atoms with Crippen molar-refractivity contribution < 1.29 is 60.8 Å². The fourth-order valence-corrected chi connectivity index (χ4v) is 0. The van der Waals surface area contributed by atoms with Gasteiger partial charge < -0.3 is 9.46 Å². The van der Waals surface area contributed by atoms with Crippen LogP contribution >= 0.6 is 7.52 Å². The van der Waals surface area contributed by atoms with Crippen molar-refractivity contribution >= 4 is 7.52 Å². The smallest absolute Gasteiger partial charge is 0.788 e. The van der Waals surface area contributed by atoms with Crippen molar-refractivity contribution in [3.05, 3.63) is 0 Å². The molecule has 0 saturated heterocycles. The molecule has 0 aromatic heterocycles. The monoisotopic (exact) mass is 161 g/mol. The van der Waals surface area contributed by atoms with Crippen LogP contribution in [0.15, 0.2) is 0 Å². The van der Waals surface area contributed by atoms with E-state index in [9.17, 15) is 9.46 Å². The molecule has 0 rings (SSSR count). The van der Waals surface area contributed by atoms with Gasteiger partial charge in [-0.15, -0.1) is 0 Å². The van der Waals surface area contributed by atoms with E-state index >= 15 is 0 Å². The fraction of sp³-hybridized carbons (Fsp3) is 1.00. The minimum atomic E-state index is -3.15. The van der Waals surface area contributed by atoms with Crippen molar-refractivity contribution in [3.8, 4) is 0 Å². The summed E-state index contributed by atoms with van der Waals surface area (Å²) in [5, 5.41) is 0. The van der Waals surface area contributed by atoms with Gasteiger partial charge in [0.25, 0.3) is 0 Å². The molecule has 0 aliphatic rings. The number of rotatable bonds is 1. The maximum absolute atomic E-state index is 10.3. The first-order valence-electron chi connectivity index (χ1n) is 1.91. The average Bonchev–Trinajstić information content (AvgIpc) is 1.31. The van der Waals surface area contributed by atoms with Gasteiger partial charge in [0, 0.05) is 0 Å². The summed E-state index contributed by atoms with van der Waals surface area (Å²) in [5.41, 5.74) is 0. The van der Waals surface area contributed by atoms with Crippen LogP contribution in [0.5, 0.6) is 0 Å². The van der Waals surface area contributed by atoms with Crippen LogP contribution < -0.4 is 56.3 Å². The number of hydrogen-bond acceptors (Lipinski definition) is 2. The zero-order chi connectivity index (χ0) is 6.08. The van der Waals surface area contributed by atoms with Crippen LogP contribution in [0.2, 0.25) is 0 Å². The average molecular weight is 161 g/mol. The molecule has 0 N–H and O–H groups in total. The molecule has 3 nitrogen and oxygen atoms in total. The molecule has 8 heavy (non-hydrogen) atoms. The first-order chi connectivity index (χ1) is 2.94. The van der Waals surface area contributed by atoms with Crippen molar-refractivity contribution in [2.24, 2.45) is 0 Å². The van der Waals surface area contributed by atoms with E-state index in [4.69, 9.17) is 0 Å². The third-order valence-electron chi connectivity index (χ3n) is 0.727. The van der Waals surface area contributed by atoms with Gasteiger partial charge in [-0.1, -0.05) is 0 Å². The number of nitrogens with zero attached hydrogens (tertiary/aromatic N) is 1. The van der Waals surface area contributed by atoms with Crippen molar-refractivity contribution in [3.63, 3.8) is 0 Å². The van der Waals surface area contributed by atoms with E-state index in [2.05, 4.69) is 0 Å². The van der Waals surface area contributed by atoms with Gasteiger partial charge in [-0.3, -0.25) is 4.67 Å². The van der Waals surface area contributed by atoms with Crippen molar-refractivity contribution in [2.45, 2.75) is 0 Å². The van der Waals surface area contributed by atoms with E-state index in [1.54, 1.807) is 0 Å². The van der Waals surface area contributed by atoms with E-state index in [0.717, 1.165) is 0 Å². The SMILES string of the molecule is CN(C)P(C)(=O)[O-].[K+]. The van der Waals surface area contributed by atoms with Crippen molar-refractivity contribution in [1.29, 1.82) is 0 Å². The normalized spacial score (nSPS) is 17.1. The Morgan fingerprint density at radius 3 is 1.62 bits per heavy atom. The van der Waals surface area contributed by atoms with Crippen LogP contribution in [0.25, 0.3) is 0 Å². The predicted octanol–water partition coefficient (Wildman–Crippen LogP) is -3.26. The van der Waals surface area contributed by atoms with E-state index < -0.39 is 7.52 Å². The van der Waals surface area contributed by atoms with Gasteiger partial charge in [-0.2, -0.15) is 0 Å². The molecule has 0 aliphatic carbocycles. The molecule has 0 aromatic rings. The summed E-state index contributed by atoms with van der Waals surface area (Å²) in [5.74, 6) is 0.